The number of para-hydroxylation sites is 1. The van der Waals surface area contributed by atoms with Gasteiger partial charge in [0.2, 0.25) is 0 Å². The Balaban J connectivity index is 1.78. The van der Waals surface area contributed by atoms with Crippen molar-refractivity contribution in [2.24, 2.45) is 0 Å². The largest absolute Gasteiger partial charge is 0.491 e. The quantitative estimate of drug-likeness (QED) is 0.788. The highest BCUT2D eigenvalue weighted by Gasteiger charge is 2.25. The second kappa shape index (κ2) is 6.09. The number of benzene rings is 1. The number of aromatic nitrogens is 4. The highest BCUT2D eigenvalue weighted by atomic mass is 16.5. The van der Waals surface area contributed by atoms with Crippen molar-refractivity contribution in [2.45, 2.75) is 26.1 Å². The molecule has 0 bridgehead atoms. The highest BCUT2D eigenvalue weighted by Crippen LogP contribution is 2.30. The Hall–Kier alpha value is -2.67. The van der Waals surface area contributed by atoms with E-state index in [4.69, 9.17) is 4.74 Å². The minimum atomic E-state index is 0.0252. The average molecular weight is 325 g/mol. The summed E-state index contributed by atoms with van der Waals surface area (Å²) in [4.78, 5) is 11.1. The lowest BCUT2D eigenvalue weighted by atomic mass is 10.1. The Morgan fingerprint density at radius 3 is 3.04 bits per heavy atom. The second-order valence-corrected chi connectivity index (χ2v) is 5.92. The van der Waals surface area contributed by atoms with E-state index in [0.29, 0.717) is 19.7 Å². The van der Waals surface area contributed by atoms with Crippen LogP contribution in [0.5, 0.6) is 5.75 Å². The fraction of sp³-hybridized carbons (Fsp3) is 0.353. The fourth-order valence-electron chi connectivity index (χ4n) is 3.07. The van der Waals surface area contributed by atoms with E-state index in [-0.39, 0.29) is 12.6 Å². The van der Waals surface area contributed by atoms with Gasteiger partial charge in [-0.15, -0.1) is 0 Å². The number of fused-ring (bicyclic) bond motifs is 2. The molecular weight excluding hydrogens is 306 g/mol. The van der Waals surface area contributed by atoms with Crippen molar-refractivity contribution in [1.82, 2.24) is 19.7 Å². The number of rotatable bonds is 3. The number of ether oxygens (including phenoxy) is 1. The van der Waals surface area contributed by atoms with Gasteiger partial charge in [0.15, 0.2) is 5.65 Å². The zero-order chi connectivity index (χ0) is 16.5. The van der Waals surface area contributed by atoms with E-state index < -0.39 is 0 Å². The van der Waals surface area contributed by atoms with Gasteiger partial charge in [0.25, 0.3) is 0 Å². The molecule has 0 saturated carbocycles. The van der Waals surface area contributed by atoms with E-state index in [9.17, 15) is 5.11 Å². The average Bonchev–Trinajstić information content (AvgIpc) is 2.94. The van der Waals surface area contributed by atoms with E-state index in [2.05, 4.69) is 33.0 Å². The number of anilines is 1. The molecule has 7 nitrogen and oxygen atoms in total. The van der Waals surface area contributed by atoms with Crippen LogP contribution in [0.1, 0.15) is 12.5 Å². The van der Waals surface area contributed by atoms with Crippen LogP contribution in [0.25, 0.3) is 11.0 Å². The molecule has 3 heterocycles. The van der Waals surface area contributed by atoms with Crippen LogP contribution in [0.4, 0.5) is 5.82 Å². The highest BCUT2D eigenvalue weighted by molar-refractivity contribution is 5.86. The van der Waals surface area contributed by atoms with Crippen molar-refractivity contribution in [3.8, 4) is 5.75 Å². The predicted octanol–water partition coefficient (Wildman–Crippen LogP) is 1.61. The molecule has 1 aliphatic rings. The normalized spacial score (nSPS) is 17.4. The van der Waals surface area contributed by atoms with Crippen LogP contribution in [-0.4, -0.2) is 44.1 Å². The van der Waals surface area contributed by atoms with Crippen LogP contribution in [0.15, 0.2) is 36.8 Å². The van der Waals surface area contributed by atoms with Crippen LogP contribution in [0.2, 0.25) is 0 Å². The second-order valence-electron chi connectivity index (χ2n) is 5.92. The molecule has 1 aromatic carbocycles. The van der Waals surface area contributed by atoms with Gasteiger partial charge in [-0.25, -0.2) is 14.6 Å². The predicted molar refractivity (Wildman–Crippen MR) is 90.0 cm³/mol. The summed E-state index contributed by atoms with van der Waals surface area (Å²) in [5.41, 5.74) is 1.87. The summed E-state index contributed by atoms with van der Waals surface area (Å²) in [5.74, 6) is 1.77. The van der Waals surface area contributed by atoms with Crippen molar-refractivity contribution in [3.05, 3.63) is 42.4 Å². The number of hydrogen-bond acceptors (Lipinski definition) is 6. The molecule has 1 unspecified atom stereocenters. The minimum absolute atomic E-state index is 0.0252. The Morgan fingerprint density at radius 1 is 1.29 bits per heavy atom. The molecular formula is C17H19N5O2. The van der Waals surface area contributed by atoms with Gasteiger partial charge in [-0.3, -0.25) is 0 Å². The molecule has 0 aliphatic carbocycles. The van der Waals surface area contributed by atoms with Gasteiger partial charge < -0.3 is 14.7 Å². The first-order valence-electron chi connectivity index (χ1n) is 8.02. The van der Waals surface area contributed by atoms with Crippen molar-refractivity contribution in [1.29, 1.82) is 0 Å². The van der Waals surface area contributed by atoms with Gasteiger partial charge in [0.05, 0.1) is 30.8 Å². The molecule has 124 valence electrons. The monoisotopic (exact) mass is 325 g/mol. The molecule has 24 heavy (non-hydrogen) atoms. The molecule has 0 fully saturated rings. The maximum Gasteiger partial charge on any atom is 0.163 e. The number of nitrogens with zero attached hydrogens (tertiary/aromatic N) is 5. The lowest BCUT2D eigenvalue weighted by molar-refractivity contribution is 0.271. The summed E-state index contributed by atoms with van der Waals surface area (Å²) in [5, 5.41) is 14.4. The summed E-state index contributed by atoms with van der Waals surface area (Å²) in [6.45, 7) is 3.87. The van der Waals surface area contributed by atoms with Gasteiger partial charge in [-0.1, -0.05) is 18.2 Å². The summed E-state index contributed by atoms with van der Waals surface area (Å²) in [6.07, 6.45) is 3.32. The molecule has 4 rings (SSSR count). The van der Waals surface area contributed by atoms with E-state index in [1.54, 1.807) is 17.2 Å². The van der Waals surface area contributed by atoms with E-state index >= 15 is 0 Å². The van der Waals surface area contributed by atoms with Gasteiger partial charge in [0, 0.05) is 12.1 Å². The maximum atomic E-state index is 9.17. The van der Waals surface area contributed by atoms with Crippen molar-refractivity contribution in [3.63, 3.8) is 0 Å². The minimum Gasteiger partial charge on any atom is -0.491 e. The van der Waals surface area contributed by atoms with Crippen molar-refractivity contribution >= 4 is 16.9 Å². The Kier molecular flexibility index (Phi) is 3.78. The van der Waals surface area contributed by atoms with E-state index in [0.717, 1.165) is 28.2 Å². The molecule has 1 aliphatic heterocycles. The van der Waals surface area contributed by atoms with Crippen LogP contribution < -0.4 is 9.64 Å². The smallest absolute Gasteiger partial charge is 0.163 e. The lowest BCUT2D eigenvalue weighted by Crippen LogP contribution is -2.35. The first-order valence-corrected chi connectivity index (χ1v) is 8.02. The number of aliphatic hydroxyl groups excluding tert-OH is 1. The maximum absolute atomic E-state index is 9.17. The summed E-state index contributed by atoms with van der Waals surface area (Å²) >= 11 is 0. The SMILES string of the molecule is CC1COc2ccccc2CN1c1ncnc2c1cnn2CCO. The summed E-state index contributed by atoms with van der Waals surface area (Å²) < 4.78 is 7.63. The van der Waals surface area contributed by atoms with Gasteiger partial charge >= 0.3 is 0 Å². The van der Waals surface area contributed by atoms with E-state index in [1.807, 2.05) is 18.2 Å². The molecule has 0 saturated heterocycles. The molecule has 1 N–H and O–H groups in total. The third-order valence-corrected chi connectivity index (χ3v) is 4.32. The topological polar surface area (TPSA) is 76.3 Å². The summed E-state index contributed by atoms with van der Waals surface area (Å²) in [7, 11) is 0. The van der Waals surface area contributed by atoms with Crippen LogP contribution >= 0.6 is 0 Å². The first kappa shape index (κ1) is 14.9. The van der Waals surface area contributed by atoms with Crippen LogP contribution in [0, 0.1) is 0 Å². The lowest BCUT2D eigenvalue weighted by Gasteiger charge is -2.27. The number of aliphatic hydroxyl groups is 1. The molecule has 1 atom stereocenters. The Morgan fingerprint density at radius 2 is 2.17 bits per heavy atom. The third-order valence-electron chi connectivity index (χ3n) is 4.32. The zero-order valence-electron chi connectivity index (χ0n) is 13.5. The van der Waals surface area contributed by atoms with Crippen LogP contribution in [0.3, 0.4) is 0 Å². The van der Waals surface area contributed by atoms with Gasteiger partial charge in [-0.2, -0.15) is 5.10 Å². The first-order chi connectivity index (χ1) is 11.8. The standard InChI is InChI=1S/C17H19N5O2/c1-12-10-24-15-5-3-2-4-13(15)9-21(12)16-14-8-20-22(6-7-23)17(14)19-11-18-16/h2-5,8,11-12,23H,6-7,9-10H2,1H3. The van der Waals surface area contributed by atoms with Gasteiger partial charge in [0.1, 0.15) is 24.5 Å². The van der Waals surface area contributed by atoms with Crippen molar-refractivity contribution in [2.75, 3.05) is 18.1 Å². The third kappa shape index (κ3) is 2.46. The Labute approximate surface area is 139 Å². The molecule has 0 radical (unpaired) electrons. The number of hydrogen-bond donors (Lipinski definition) is 1. The van der Waals surface area contributed by atoms with E-state index in [1.165, 1.54) is 0 Å². The van der Waals surface area contributed by atoms with Gasteiger partial charge in [-0.05, 0) is 13.0 Å². The molecule has 2 aromatic heterocycles. The Bertz CT molecular complexity index is 863. The molecule has 0 spiro atoms. The van der Waals surface area contributed by atoms with Crippen LogP contribution in [-0.2, 0) is 13.1 Å². The molecule has 0 amide bonds. The molecule has 7 heteroatoms. The fourth-order valence-corrected chi connectivity index (χ4v) is 3.07. The molecule has 3 aromatic rings. The summed E-state index contributed by atoms with van der Waals surface area (Å²) in [6, 6.07) is 8.25. The van der Waals surface area contributed by atoms with Crippen molar-refractivity contribution < 1.29 is 9.84 Å². The zero-order valence-corrected chi connectivity index (χ0v) is 13.5.